The Morgan fingerprint density at radius 3 is 1.38 bits per heavy atom. The van der Waals surface area contributed by atoms with Crippen LogP contribution in [-0.4, -0.2) is 36.0 Å². The predicted octanol–water partition coefficient (Wildman–Crippen LogP) is 7.62. The molecule has 2 heterocycles. The fourth-order valence-corrected chi connectivity index (χ4v) is 8.18. The molecular formula is C32H44N2O6S2. The van der Waals surface area contributed by atoms with Crippen LogP contribution < -0.4 is 10.6 Å². The van der Waals surface area contributed by atoms with Crippen molar-refractivity contribution in [2.24, 2.45) is 0 Å². The number of amides is 2. The maximum absolute atomic E-state index is 12.9. The van der Waals surface area contributed by atoms with E-state index in [1.165, 1.54) is 22.7 Å². The van der Waals surface area contributed by atoms with Crippen molar-refractivity contribution in [2.45, 2.75) is 130 Å². The predicted molar refractivity (Wildman–Crippen MR) is 168 cm³/mol. The van der Waals surface area contributed by atoms with E-state index in [2.05, 4.69) is 10.6 Å². The molecule has 0 aromatic carbocycles. The van der Waals surface area contributed by atoms with Crippen LogP contribution in [0, 0.1) is 0 Å². The molecule has 0 spiro atoms. The zero-order chi connectivity index (χ0) is 30.2. The van der Waals surface area contributed by atoms with E-state index in [4.69, 9.17) is 9.47 Å². The van der Waals surface area contributed by atoms with Gasteiger partial charge in [0.25, 0.3) is 0 Å². The van der Waals surface area contributed by atoms with Crippen molar-refractivity contribution < 1.29 is 28.7 Å². The molecule has 8 nitrogen and oxygen atoms in total. The van der Waals surface area contributed by atoms with E-state index < -0.39 is 0 Å². The molecule has 0 bridgehead atoms. The molecule has 0 aliphatic heterocycles. The number of carbonyl (C=O) groups is 4. The second-order valence-corrected chi connectivity index (χ2v) is 14.0. The zero-order valence-corrected chi connectivity index (χ0v) is 27.0. The van der Waals surface area contributed by atoms with Crippen LogP contribution in [0.4, 0.5) is 10.0 Å². The SMILES string of the molecule is CC(C)OC(=O)c1c(NC(=O)CCCCC(=O)Nc2sc3c(c2C(=O)OC(C)C)CCCCC3)sc2c1CCCCC2. The highest BCUT2D eigenvalue weighted by atomic mass is 32.1. The summed E-state index contributed by atoms with van der Waals surface area (Å²) in [7, 11) is 0. The van der Waals surface area contributed by atoms with Crippen molar-refractivity contribution in [1.82, 2.24) is 0 Å². The number of nitrogens with one attached hydrogen (secondary N) is 2. The number of hydrogen-bond donors (Lipinski definition) is 2. The van der Waals surface area contributed by atoms with Crippen LogP contribution in [0.3, 0.4) is 0 Å². The first-order valence-corrected chi connectivity index (χ1v) is 17.1. The van der Waals surface area contributed by atoms with Gasteiger partial charge in [0, 0.05) is 22.6 Å². The lowest BCUT2D eigenvalue weighted by atomic mass is 10.1. The topological polar surface area (TPSA) is 111 Å². The highest BCUT2D eigenvalue weighted by Gasteiger charge is 2.28. The van der Waals surface area contributed by atoms with Crippen molar-refractivity contribution in [1.29, 1.82) is 0 Å². The Balaban J connectivity index is 1.33. The molecule has 10 heteroatoms. The third-order valence-electron chi connectivity index (χ3n) is 7.50. The van der Waals surface area contributed by atoms with Gasteiger partial charge in [0.2, 0.25) is 11.8 Å². The summed E-state index contributed by atoms with van der Waals surface area (Å²) in [5.74, 6) is -1.10. The number of anilines is 2. The van der Waals surface area contributed by atoms with E-state index >= 15 is 0 Å². The molecule has 2 aromatic rings. The average molecular weight is 617 g/mol. The molecule has 2 aliphatic rings. The number of carbonyl (C=O) groups excluding carboxylic acids is 4. The van der Waals surface area contributed by atoms with Crippen LogP contribution in [0.25, 0.3) is 0 Å². The number of hydrogen-bond acceptors (Lipinski definition) is 8. The smallest absolute Gasteiger partial charge is 0.341 e. The molecule has 2 aliphatic carbocycles. The molecule has 230 valence electrons. The van der Waals surface area contributed by atoms with Crippen molar-refractivity contribution in [3.05, 3.63) is 32.0 Å². The summed E-state index contributed by atoms with van der Waals surface area (Å²) in [6.45, 7) is 7.29. The molecule has 0 fully saturated rings. The van der Waals surface area contributed by atoms with Gasteiger partial charge in [-0.3, -0.25) is 9.59 Å². The first-order chi connectivity index (χ1) is 20.1. The monoisotopic (exact) mass is 616 g/mol. The minimum absolute atomic E-state index is 0.175. The quantitative estimate of drug-likeness (QED) is 0.153. The largest absolute Gasteiger partial charge is 0.459 e. The Kier molecular flexibility index (Phi) is 11.6. The van der Waals surface area contributed by atoms with E-state index in [0.717, 1.165) is 85.1 Å². The van der Waals surface area contributed by atoms with E-state index in [1.807, 2.05) is 27.7 Å². The normalized spacial score (nSPS) is 14.9. The van der Waals surface area contributed by atoms with E-state index in [0.29, 0.717) is 34.0 Å². The second kappa shape index (κ2) is 15.1. The molecule has 0 saturated heterocycles. The van der Waals surface area contributed by atoms with Gasteiger partial charge in [0.15, 0.2) is 0 Å². The molecule has 0 saturated carbocycles. The van der Waals surface area contributed by atoms with Gasteiger partial charge in [-0.2, -0.15) is 0 Å². The maximum atomic E-state index is 12.9. The van der Waals surface area contributed by atoms with Crippen LogP contribution >= 0.6 is 22.7 Å². The third-order valence-corrected chi connectivity index (χ3v) is 9.91. The molecule has 4 rings (SSSR count). The molecule has 0 radical (unpaired) electrons. The van der Waals surface area contributed by atoms with Crippen LogP contribution in [0.15, 0.2) is 0 Å². The van der Waals surface area contributed by atoms with Gasteiger partial charge in [-0.15, -0.1) is 22.7 Å². The summed E-state index contributed by atoms with van der Waals surface area (Å²) in [6.07, 6.45) is 11.0. The van der Waals surface area contributed by atoms with Crippen molar-refractivity contribution in [3.63, 3.8) is 0 Å². The minimum Gasteiger partial charge on any atom is -0.459 e. The summed E-state index contributed by atoms with van der Waals surface area (Å²) in [4.78, 5) is 54.0. The highest BCUT2D eigenvalue weighted by molar-refractivity contribution is 7.17. The van der Waals surface area contributed by atoms with Crippen LogP contribution in [0.1, 0.15) is 134 Å². The van der Waals surface area contributed by atoms with Crippen LogP contribution in [-0.2, 0) is 44.7 Å². The number of unbranched alkanes of at least 4 members (excludes halogenated alkanes) is 1. The Bertz CT molecular complexity index is 1190. The fraction of sp³-hybridized carbons (Fsp3) is 0.625. The minimum atomic E-state index is -0.376. The molecule has 42 heavy (non-hydrogen) atoms. The number of ether oxygens (including phenoxy) is 2. The van der Waals surface area contributed by atoms with Crippen molar-refractivity contribution in [2.75, 3.05) is 10.6 Å². The van der Waals surface area contributed by atoms with Gasteiger partial charge >= 0.3 is 11.9 Å². The molecule has 2 amide bonds. The maximum Gasteiger partial charge on any atom is 0.341 e. The van der Waals surface area contributed by atoms with Gasteiger partial charge in [0.1, 0.15) is 10.0 Å². The van der Waals surface area contributed by atoms with Crippen molar-refractivity contribution >= 4 is 56.4 Å². The van der Waals surface area contributed by atoms with E-state index in [1.54, 1.807) is 0 Å². The summed E-state index contributed by atoms with van der Waals surface area (Å²) in [5, 5.41) is 7.09. The standard InChI is InChI=1S/C32H44N2O6S2/c1-19(2)39-31(37)27-21-13-7-5-9-15-23(21)41-29(27)33-25(35)17-11-12-18-26(36)34-30-28(32(38)40-20(3)4)22-14-8-6-10-16-24(22)42-30/h19-20H,5-18H2,1-4H3,(H,33,35)(H,34,36). The summed E-state index contributed by atoms with van der Waals surface area (Å²) in [5.41, 5.74) is 3.08. The summed E-state index contributed by atoms with van der Waals surface area (Å²) in [6, 6.07) is 0. The number of rotatable bonds is 11. The fourth-order valence-electron chi connectivity index (χ4n) is 5.59. The Hall–Kier alpha value is -2.72. The van der Waals surface area contributed by atoms with E-state index in [9.17, 15) is 19.2 Å². The number of thiophene rings is 2. The van der Waals surface area contributed by atoms with Gasteiger partial charge < -0.3 is 20.1 Å². The lowest BCUT2D eigenvalue weighted by Gasteiger charge is -2.12. The highest BCUT2D eigenvalue weighted by Crippen LogP contribution is 2.39. The van der Waals surface area contributed by atoms with Crippen LogP contribution in [0.2, 0.25) is 0 Å². The summed E-state index contributed by atoms with van der Waals surface area (Å²) >= 11 is 2.98. The molecule has 2 aromatic heterocycles. The molecule has 2 N–H and O–H groups in total. The van der Waals surface area contributed by atoms with Crippen molar-refractivity contribution in [3.8, 4) is 0 Å². The Morgan fingerprint density at radius 2 is 1.00 bits per heavy atom. The Labute approximate surface area is 256 Å². The lowest BCUT2D eigenvalue weighted by Crippen LogP contribution is -2.18. The Morgan fingerprint density at radius 1 is 0.619 bits per heavy atom. The van der Waals surface area contributed by atoms with Crippen LogP contribution in [0.5, 0.6) is 0 Å². The van der Waals surface area contributed by atoms with E-state index in [-0.39, 0.29) is 48.8 Å². The summed E-state index contributed by atoms with van der Waals surface area (Å²) < 4.78 is 11.0. The van der Waals surface area contributed by atoms with Gasteiger partial charge in [-0.1, -0.05) is 12.8 Å². The second-order valence-electron chi connectivity index (χ2n) is 11.7. The lowest BCUT2D eigenvalue weighted by molar-refractivity contribution is -0.118. The zero-order valence-electron chi connectivity index (χ0n) is 25.3. The number of aryl methyl sites for hydroxylation is 2. The third kappa shape index (κ3) is 8.43. The average Bonchev–Trinajstić information content (AvgIpc) is 3.19. The van der Waals surface area contributed by atoms with Gasteiger partial charge in [-0.05, 0) is 103 Å². The van der Waals surface area contributed by atoms with Gasteiger partial charge in [0.05, 0.1) is 23.3 Å². The molecule has 0 atom stereocenters. The number of fused-ring (bicyclic) bond motifs is 2. The first kappa shape index (κ1) is 32.2. The number of esters is 2. The molecule has 0 unspecified atom stereocenters. The first-order valence-electron chi connectivity index (χ1n) is 15.4. The van der Waals surface area contributed by atoms with Gasteiger partial charge in [-0.25, -0.2) is 9.59 Å². The molecular weight excluding hydrogens is 572 g/mol.